The molecular formula is C15H23N3O2S. The van der Waals surface area contributed by atoms with Gasteiger partial charge in [-0.2, -0.15) is 11.3 Å². The van der Waals surface area contributed by atoms with Crippen LogP contribution in [-0.2, 0) is 11.3 Å². The number of piperidine rings is 1. The van der Waals surface area contributed by atoms with E-state index in [-0.39, 0.29) is 18.0 Å². The van der Waals surface area contributed by atoms with Crippen LogP contribution in [0.25, 0.3) is 0 Å². The second kappa shape index (κ2) is 7.45. The number of hydrogen-bond acceptors (Lipinski definition) is 3. The largest absolute Gasteiger partial charge is 0.338 e. The Morgan fingerprint density at radius 2 is 2.29 bits per heavy atom. The molecule has 2 atom stereocenters. The van der Waals surface area contributed by atoms with Crippen molar-refractivity contribution in [3.05, 3.63) is 22.4 Å². The topological polar surface area (TPSA) is 61.4 Å². The Labute approximate surface area is 129 Å². The zero-order valence-electron chi connectivity index (χ0n) is 12.6. The minimum atomic E-state index is -0.493. The molecule has 0 unspecified atom stereocenters. The van der Waals surface area contributed by atoms with E-state index >= 15 is 0 Å². The average molecular weight is 309 g/mol. The van der Waals surface area contributed by atoms with Crippen molar-refractivity contribution < 1.29 is 9.59 Å². The van der Waals surface area contributed by atoms with Gasteiger partial charge < -0.3 is 15.5 Å². The van der Waals surface area contributed by atoms with E-state index in [0.717, 1.165) is 24.9 Å². The number of nitrogens with zero attached hydrogens (tertiary/aromatic N) is 1. The molecule has 1 aliphatic rings. The summed E-state index contributed by atoms with van der Waals surface area (Å²) in [5.41, 5.74) is 1.07. The summed E-state index contributed by atoms with van der Waals surface area (Å²) >= 11 is 1.60. The quantitative estimate of drug-likeness (QED) is 0.897. The van der Waals surface area contributed by atoms with Crippen molar-refractivity contribution in [2.24, 2.45) is 0 Å². The van der Waals surface area contributed by atoms with Crippen LogP contribution in [0.4, 0.5) is 4.79 Å². The normalized spacial score (nSPS) is 19.9. The Balaban J connectivity index is 1.78. The predicted octanol–water partition coefficient (Wildman–Crippen LogP) is 2.34. The smallest absolute Gasteiger partial charge is 0.315 e. The van der Waals surface area contributed by atoms with E-state index < -0.39 is 6.04 Å². The van der Waals surface area contributed by atoms with Crippen molar-refractivity contribution in [3.63, 3.8) is 0 Å². The molecule has 0 saturated carbocycles. The number of carbonyl (C=O) groups is 2. The van der Waals surface area contributed by atoms with Crippen molar-refractivity contribution in [2.45, 2.75) is 51.7 Å². The van der Waals surface area contributed by atoms with Gasteiger partial charge in [-0.3, -0.25) is 4.79 Å². The number of thiophene rings is 1. The lowest BCUT2D eigenvalue weighted by Crippen LogP contribution is -2.53. The number of carbonyl (C=O) groups excluding carboxylic acids is 2. The summed E-state index contributed by atoms with van der Waals surface area (Å²) in [4.78, 5) is 26.1. The molecule has 0 aliphatic carbocycles. The van der Waals surface area contributed by atoms with Gasteiger partial charge in [0, 0.05) is 19.1 Å². The Kier molecular flexibility index (Phi) is 5.61. The van der Waals surface area contributed by atoms with Gasteiger partial charge >= 0.3 is 6.03 Å². The van der Waals surface area contributed by atoms with E-state index in [2.05, 4.69) is 17.6 Å². The molecule has 0 aromatic carbocycles. The van der Waals surface area contributed by atoms with E-state index in [1.165, 1.54) is 6.42 Å². The molecule has 1 saturated heterocycles. The summed E-state index contributed by atoms with van der Waals surface area (Å²) in [7, 11) is 0. The molecule has 1 aromatic heterocycles. The third-order valence-corrected chi connectivity index (χ3v) is 4.57. The van der Waals surface area contributed by atoms with Crippen LogP contribution in [0.5, 0.6) is 0 Å². The zero-order valence-corrected chi connectivity index (χ0v) is 13.4. The summed E-state index contributed by atoms with van der Waals surface area (Å²) in [6, 6.07) is 1.44. The minimum absolute atomic E-state index is 0.00730. The van der Waals surface area contributed by atoms with Gasteiger partial charge in [-0.15, -0.1) is 0 Å². The molecule has 2 rings (SSSR count). The molecule has 3 amide bonds. The second-order valence-electron chi connectivity index (χ2n) is 5.56. The highest BCUT2D eigenvalue weighted by atomic mass is 32.1. The van der Waals surface area contributed by atoms with E-state index in [1.54, 1.807) is 18.3 Å². The van der Waals surface area contributed by atoms with Crippen molar-refractivity contribution in [1.82, 2.24) is 15.5 Å². The second-order valence-corrected chi connectivity index (χ2v) is 6.34. The lowest BCUT2D eigenvalue weighted by molar-refractivity contribution is -0.136. The van der Waals surface area contributed by atoms with Gasteiger partial charge in [0.05, 0.1) is 0 Å². The number of hydrogen-bond donors (Lipinski definition) is 2. The standard InChI is InChI=1S/C15H23N3O2S/c1-11-5-3-4-7-18(11)14(19)12(2)17-15(20)16-9-13-6-8-21-10-13/h6,8,10-12H,3-5,7,9H2,1-2H3,(H2,16,17,20)/t11-,12+/m1/s1. The van der Waals surface area contributed by atoms with Crippen molar-refractivity contribution in [3.8, 4) is 0 Å². The van der Waals surface area contributed by atoms with E-state index in [1.807, 2.05) is 21.7 Å². The van der Waals surface area contributed by atoms with E-state index in [9.17, 15) is 9.59 Å². The molecule has 5 nitrogen and oxygen atoms in total. The number of rotatable bonds is 4. The number of nitrogens with one attached hydrogen (secondary N) is 2. The van der Waals surface area contributed by atoms with Crippen LogP contribution in [0, 0.1) is 0 Å². The third-order valence-electron chi connectivity index (χ3n) is 3.84. The molecular weight excluding hydrogens is 286 g/mol. The van der Waals surface area contributed by atoms with E-state index in [0.29, 0.717) is 6.54 Å². The first-order valence-electron chi connectivity index (χ1n) is 7.44. The summed E-state index contributed by atoms with van der Waals surface area (Å²) in [6.07, 6.45) is 3.27. The van der Waals surface area contributed by atoms with Gasteiger partial charge in [0.15, 0.2) is 0 Å². The molecule has 1 fully saturated rings. The average Bonchev–Trinajstić information content (AvgIpc) is 2.98. The van der Waals surface area contributed by atoms with Crippen LogP contribution < -0.4 is 10.6 Å². The predicted molar refractivity (Wildman–Crippen MR) is 84.2 cm³/mol. The van der Waals surface area contributed by atoms with Crippen LogP contribution >= 0.6 is 11.3 Å². The minimum Gasteiger partial charge on any atom is -0.338 e. The molecule has 0 bridgehead atoms. The Hall–Kier alpha value is -1.56. The molecule has 116 valence electrons. The molecule has 0 radical (unpaired) electrons. The van der Waals surface area contributed by atoms with Crippen molar-refractivity contribution in [2.75, 3.05) is 6.54 Å². The lowest BCUT2D eigenvalue weighted by Gasteiger charge is -2.35. The summed E-state index contributed by atoms with van der Waals surface area (Å²) in [5, 5.41) is 9.45. The van der Waals surface area contributed by atoms with Gasteiger partial charge in [-0.1, -0.05) is 0 Å². The highest BCUT2D eigenvalue weighted by Gasteiger charge is 2.27. The van der Waals surface area contributed by atoms with Crippen molar-refractivity contribution >= 4 is 23.3 Å². The Morgan fingerprint density at radius 3 is 2.95 bits per heavy atom. The maximum Gasteiger partial charge on any atom is 0.315 e. The van der Waals surface area contributed by atoms with E-state index in [4.69, 9.17) is 0 Å². The highest BCUT2D eigenvalue weighted by molar-refractivity contribution is 7.07. The first-order valence-corrected chi connectivity index (χ1v) is 8.38. The third kappa shape index (κ3) is 4.46. The van der Waals surface area contributed by atoms with Crippen LogP contribution in [-0.4, -0.2) is 35.5 Å². The molecule has 1 aliphatic heterocycles. The molecule has 1 aromatic rings. The summed E-state index contributed by atoms with van der Waals surface area (Å²) < 4.78 is 0. The van der Waals surface area contributed by atoms with Gasteiger partial charge in [-0.05, 0) is 55.5 Å². The SMILES string of the molecule is C[C@H](NC(=O)NCc1ccsc1)C(=O)N1CCCC[C@H]1C. The maximum absolute atomic E-state index is 12.4. The fourth-order valence-corrected chi connectivity index (χ4v) is 3.23. The monoisotopic (exact) mass is 309 g/mol. The molecule has 2 heterocycles. The molecule has 21 heavy (non-hydrogen) atoms. The van der Waals surface area contributed by atoms with Crippen molar-refractivity contribution in [1.29, 1.82) is 0 Å². The van der Waals surface area contributed by atoms with Crippen LogP contribution in [0.1, 0.15) is 38.7 Å². The lowest BCUT2D eigenvalue weighted by atomic mass is 10.0. The molecule has 2 N–H and O–H groups in total. The maximum atomic E-state index is 12.4. The summed E-state index contributed by atoms with van der Waals surface area (Å²) in [6.45, 7) is 5.09. The first kappa shape index (κ1) is 15.8. The van der Waals surface area contributed by atoms with Gasteiger partial charge in [0.1, 0.15) is 6.04 Å². The first-order chi connectivity index (χ1) is 10.1. The number of amides is 3. The fraction of sp³-hybridized carbons (Fsp3) is 0.600. The number of urea groups is 1. The number of likely N-dealkylation sites (tertiary alicyclic amines) is 1. The van der Waals surface area contributed by atoms with Gasteiger partial charge in [-0.25, -0.2) is 4.79 Å². The molecule has 0 spiro atoms. The van der Waals surface area contributed by atoms with Crippen LogP contribution in [0.3, 0.4) is 0 Å². The zero-order chi connectivity index (χ0) is 15.2. The Morgan fingerprint density at radius 1 is 1.48 bits per heavy atom. The molecule has 6 heteroatoms. The Bertz CT molecular complexity index is 475. The summed E-state index contributed by atoms with van der Waals surface area (Å²) in [5.74, 6) is 0.00730. The van der Waals surface area contributed by atoms with Gasteiger partial charge in [0.25, 0.3) is 0 Å². The van der Waals surface area contributed by atoms with Gasteiger partial charge in [0.2, 0.25) is 5.91 Å². The van der Waals surface area contributed by atoms with Crippen LogP contribution in [0.2, 0.25) is 0 Å². The highest BCUT2D eigenvalue weighted by Crippen LogP contribution is 2.17. The van der Waals surface area contributed by atoms with Crippen LogP contribution in [0.15, 0.2) is 16.8 Å². The fourth-order valence-electron chi connectivity index (χ4n) is 2.56.